The summed E-state index contributed by atoms with van der Waals surface area (Å²) >= 11 is 0. The zero-order chi connectivity index (χ0) is 13.8. The number of hydrogen-bond donors (Lipinski definition) is 1. The van der Waals surface area contributed by atoms with E-state index in [1.165, 1.54) is 10.8 Å². The van der Waals surface area contributed by atoms with Crippen molar-refractivity contribution in [3.05, 3.63) is 58.3 Å². The third kappa shape index (κ3) is 3.00. The van der Waals surface area contributed by atoms with E-state index in [9.17, 15) is 4.79 Å². The minimum absolute atomic E-state index is 0.0599. The highest BCUT2D eigenvalue weighted by atomic mass is 16.5. The zero-order valence-corrected chi connectivity index (χ0v) is 11.0. The maximum Gasteiger partial charge on any atom is 0.347 e. The molecule has 0 saturated carbocycles. The summed E-state index contributed by atoms with van der Waals surface area (Å²) in [6.07, 6.45) is 3.18. The molecule has 0 aliphatic carbocycles. The summed E-state index contributed by atoms with van der Waals surface area (Å²) in [7, 11) is 1.61. The fourth-order valence-electron chi connectivity index (χ4n) is 1.90. The van der Waals surface area contributed by atoms with Crippen molar-refractivity contribution in [2.75, 3.05) is 7.11 Å². The molecule has 2 rings (SSSR count). The van der Waals surface area contributed by atoms with Crippen LogP contribution in [0.5, 0.6) is 5.75 Å². The van der Waals surface area contributed by atoms with Crippen LogP contribution in [0, 0.1) is 0 Å². The van der Waals surface area contributed by atoms with Crippen LogP contribution in [-0.2, 0) is 6.54 Å². The molecule has 100 valence electrons. The number of nitrogens with zero attached hydrogens (tertiary/aromatic N) is 2. The van der Waals surface area contributed by atoms with Gasteiger partial charge in [-0.1, -0.05) is 6.07 Å². The Morgan fingerprint density at radius 2 is 2.26 bits per heavy atom. The first kappa shape index (κ1) is 13.3. The minimum Gasteiger partial charge on any atom is -0.496 e. The van der Waals surface area contributed by atoms with Gasteiger partial charge in [0.25, 0.3) is 0 Å². The molecule has 2 aromatic rings. The molecule has 1 unspecified atom stereocenters. The summed E-state index contributed by atoms with van der Waals surface area (Å²) in [5, 5.41) is 0. The fraction of sp³-hybridized carbons (Fsp3) is 0.286. The molecular formula is C14H17N3O2. The van der Waals surface area contributed by atoms with Gasteiger partial charge in [-0.25, -0.2) is 9.78 Å². The van der Waals surface area contributed by atoms with E-state index in [0.717, 1.165) is 16.9 Å². The summed E-state index contributed by atoms with van der Waals surface area (Å²) in [4.78, 5) is 15.4. The molecular weight excluding hydrogens is 242 g/mol. The first-order valence-corrected chi connectivity index (χ1v) is 6.05. The Morgan fingerprint density at radius 1 is 1.47 bits per heavy atom. The van der Waals surface area contributed by atoms with Crippen molar-refractivity contribution >= 4 is 0 Å². The van der Waals surface area contributed by atoms with Gasteiger partial charge in [-0.2, -0.15) is 0 Å². The highest BCUT2D eigenvalue weighted by Crippen LogP contribution is 2.23. The van der Waals surface area contributed by atoms with E-state index in [2.05, 4.69) is 4.98 Å². The Morgan fingerprint density at radius 3 is 2.89 bits per heavy atom. The highest BCUT2D eigenvalue weighted by molar-refractivity contribution is 5.38. The summed E-state index contributed by atoms with van der Waals surface area (Å²) < 4.78 is 6.85. The number of hydrogen-bond acceptors (Lipinski definition) is 4. The van der Waals surface area contributed by atoms with Gasteiger partial charge in [0.15, 0.2) is 0 Å². The monoisotopic (exact) mass is 259 g/mol. The van der Waals surface area contributed by atoms with Crippen LogP contribution in [0.4, 0.5) is 0 Å². The molecule has 5 heteroatoms. The van der Waals surface area contributed by atoms with E-state index in [0.29, 0.717) is 6.54 Å². The Kier molecular flexibility index (Phi) is 3.97. The normalized spacial score (nSPS) is 12.2. The molecule has 0 amide bonds. The smallest absolute Gasteiger partial charge is 0.347 e. The lowest BCUT2D eigenvalue weighted by atomic mass is 10.0. The summed E-state index contributed by atoms with van der Waals surface area (Å²) in [6, 6.07) is 7.43. The average Bonchev–Trinajstić information content (AvgIpc) is 2.41. The van der Waals surface area contributed by atoms with Gasteiger partial charge in [-0.15, -0.1) is 0 Å². The molecule has 0 radical (unpaired) electrons. The second-order valence-corrected chi connectivity index (χ2v) is 4.39. The van der Waals surface area contributed by atoms with Crippen LogP contribution in [-0.4, -0.2) is 16.7 Å². The van der Waals surface area contributed by atoms with Crippen molar-refractivity contribution in [2.24, 2.45) is 5.73 Å². The highest BCUT2D eigenvalue weighted by Gasteiger charge is 2.08. The largest absolute Gasteiger partial charge is 0.496 e. The molecule has 1 heterocycles. The van der Waals surface area contributed by atoms with E-state index >= 15 is 0 Å². The van der Waals surface area contributed by atoms with Crippen molar-refractivity contribution in [1.29, 1.82) is 0 Å². The lowest BCUT2D eigenvalue weighted by molar-refractivity contribution is 0.407. The van der Waals surface area contributed by atoms with Gasteiger partial charge in [-0.3, -0.25) is 4.57 Å². The molecule has 2 N–H and O–H groups in total. The van der Waals surface area contributed by atoms with E-state index < -0.39 is 0 Å². The SMILES string of the molecule is COc1ccc(C(C)N)cc1Cn1cccnc1=O. The number of aromatic nitrogens is 2. The number of rotatable bonds is 4. The van der Waals surface area contributed by atoms with Crippen LogP contribution >= 0.6 is 0 Å². The molecule has 0 aliphatic rings. The lowest BCUT2D eigenvalue weighted by Crippen LogP contribution is -2.22. The van der Waals surface area contributed by atoms with Gasteiger partial charge >= 0.3 is 5.69 Å². The van der Waals surface area contributed by atoms with Crippen molar-refractivity contribution in [3.8, 4) is 5.75 Å². The van der Waals surface area contributed by atoms with Gasteiger partial charge in [0, 0.05) is 24.0 Å². The standard InChI is InChI=1S/C14H17N3O2/c1-10(15)11-4-5-13(19-2)12(8-11)9-17-7-3-6-16-14(17)18/h3-8,10H,9,15H2,1-2H3. The third-order valence-corrected chi connectivity index (χ3v) is 2.95. The molecule has 0 aliphatic heterocycles. The second kappa shape index (κ2) is 5.67. The molecule has 0 bridgehead atoms. The van der Waals surface area contributed by atoms with E-state index in [1.807, 2.05) is 25.1 Å². The zero-order valence-electron chi connectivity index (χ0n) is 11.0. The van der Waals surface area contributed by atoms with Crippen LogP contribution < -0.4 is 16.2 Å². The predicted octanol–water partition coefficient (Wildman–Crippen LogP) is 1.32. The Hall–Kier alpha value is -2.14. The number of benzene rings is 1. The van der Waals surface area contributed by atoms with Gasteiger partial charge in [0.2, 0.25) is 0 Å². The topological polar surface area (TPSA) is 70.1 Å². The van der Waals surface area contributed by atoms with Crippen molar-refractivity contribution in [1.82, 2.24) is 9.55 Å². The third-order valence-electron chi connectivity index (χ3n) is 2.95. The molecule has 19 heavy (non-hydrogen) atoms. The van der Waals surface area contributed by atoms with Crippen LogP contribution in [0.2, 0.25) is 0 Å². The van der Waals surface area contributed by atoms with Gasteiger partial charge in [-0.05, 0) is 30.7 Å². The van der Waals surface area contributed by atoms with Gasteiger partial charge in [0.1, 0.15) is 5.75 Å². The first-order chi connectivity index (χ1) is 9.11. The molecule has 5 nitrogen and oxygen atoms in total. The number of ether oxygens (including phenoxy) is 1. The summed E-state index contributed by atoms with van der Waals surface area (Å²) in [5.74, 6) is 0.736. The lowest BCUT2D eigenvalue weighted by Gasteiger charge is -2.13. The van der Waals surface area contributed by atoms with Crippen molar-refractivity contribution < 1.29 is 4.74 Å². The van der Waals surface area contributed by atoms with Gasteiger partial charge in [0.05, 0.1) is 13.7 Å². The fourth-order valence-corrected chi connectivity index (χ4v) is 1.90. The quantitative estimate of drug-likeness (QED) is 0.899. The maximum absolute atomic E-state index is 11.6. The number of nitrogens with two attached hydrogens (primary N) is 1. The molecule has 1 aromatic heterocycles. The minimum atomic E-state index is -0.282. The summed E-state index contributed by atoms with van der Waals surface area (Å²) in [5.41, 5.74) is 7.51. The van der Waals surface area contributed by atoms with E-state index in [4.69, 9.17) is 10.5 Å². The van der Waals surface area contributed by atoms with Crippen LogP contribution in [0.3, 0.4) is 0 Å². The van der Waals surface area contributed by atoms with Gasteiger partial charge < -0.3 is 10.5 Å². The molecule has 0 spiro atoms. The first-order valence-electron chi connectivity index (χ1n) is 6.05. The number of methoxy groups -OCH3 is 1. The van der Waals surface area contributed by atoms with Crippen LogP contribution in [0.1, 0.15) is 24.1 Å². The maximum atomic E-state index is 11.6. The van der Waals surface area contributed by atoms with Crippen LogP contribution in [0.15, 0.2) is 41.5 Å². The molecule has 1 atom stereocenters. The Balaban J connectivity index is 2.40. The molecule has 0 saturated heterocycles. The summed E-state index contributed by atoms with van der Waals surface area (Å²) in [6.45, 7) is 2.33. The van der Waals surface area contributed by atoms with E-state index in [-0.39, 0.29) is 11.7 Å². The average molecular weight is 259 g/mol. The Bertz CT molecular complexity index is 620. The van der Waals surface area contributed by atoms with Crippen LogP contribution in [0.25, 0.3) is 0 Å². The second-order valence-electron chi connectivity index (χ2n) is 4.39. The van der Waals surface area contributed by atoms with Crippen molar-refractivity contribution in [2.45, 2.75) is 19.5 Å². The predicted molar refractivity (Wildman–Crippen MR) is 73.2 cm³/mol. The van der Waals surface area contributed by atoms with E-state index in [1.54, 1.807) is 19.4 Å². The van der Waals surface area contributed by atoms with Crippen molar-refractivity contribution in [3.63, 3.8) is 0 Å². The Labute approximate surface area is 111 Å². The molecule has 1 aromatic carbocycles. The molecule has 0 fully saturated rings.